The molecule has 0 bridgehead atoms. The van der Waals surface area contributed by atoms with Crippen LogP contribution in [0.4, 0.5) is 4.79 Å². The second kappa shape index (κ2) is 11.0. The van der Waals surface area contributed by atoms with Gasteiger partial charge in [-0.05, 0) is 37.8 Å². The van der Waals surface area contributed by atoms with Crippen molar-refractivity contribution in [2.75, 3.05) is 12.4 Å². The van der Waals surface area contributed by atoms with Crippen molar-refractivity contribution in [2.45, 2.75) is 57.3 Å². The SMILES string of the molecule is CCn1c(SCC(=O)OCC(=O)NC(=O)N[C@H]2CCCC[C@@H]2C)nnc1-c1ccco1. The van der Waals surface area contributed by atoms with Crippen LogP contribution in [0.25, 0.3) is 11.6 Å². The first-order valence-corrected chi connectivity index (χ1v) is 11.3. The number of ether oxygens (including phenoxy) is 1. The molecule has 0 saturated heterocycles. The fourth-order valence-corrected chi connectivity index (χ4v) is 4.28. The molecule has 0 aliphatic heterocycles. The Morgan fingerprint density at radius 3 is 2.81 bits per heavy atom. The van der Waals surface area contributed by atoms with Crippen LogP contribution in [0.5, 0.6) is 0 Å². The molecule has 0 unspecified atom stereocenters. The molecule has 2 N–H and O–H groups in total. The molecule has 1 aliphatic carbocycles. The smallest absolute Gasteiger partial charge is 0.321 e. The van der Waals surface area contributed by atoms with Gasteiger partial charge in [-0.2, -0.15) is 0 Å². The predicted molar refractivity (Wildman–Crippen MR) is 113 cm³/mol. The van der Waals surface area contributed by atoms with Crippen LogP contribution in [0.15, 0.2) is 28.0 Å². The van der Waals surface area contributed by atoms with E-state index in [1.807, 2.05) is 11.5 Å². The number of thioether (sulfide) groups is 1. The minimum Gasteiger partial charge on any atom is -0.461 e. The Hall–Kier alpha value is -2.82. The summed E-state index contributed by atoms with van der Waals surface area (Å²) in [6.07, 6.45) is 5.73. The lowest BCUT2D eigenvalue weighted by Crippen LogP contribution is -2.48. The molecule has 1 aliphatic rings. The third-order valence-corrected chi connectivity index (χ3v) is 6.08. The molecule has 31 heavy (non-hydrogen) atoms. The van der Waals surface area contributed by atoms with Crippen molar-refractivity contribution in [1.82, 2.24) is 25.4 Å². The Balaban J connectivity index is 1.40. The molecule has 2 aromatic rings. The Morgan fingerprint density at radius 1 is 1.29 bits per heavy atom. The maximum atomic E-state index is 12.0. The van der Waals surface area contributed by atoms with Gasteiger partial charge in [0.05, 0.1) is 12.0 Å². The van der Waals surface area contributed by atoms with Crippen LogP contribution in [-0.2, 0) is 20.9 Å². The van der Waals surface area contributed by atoms with Gasteiger partial charge in [0.15, 0.2) is 23.3 Å². The summed E-state index contributed by atoms with van der Waals surface area (Å²) in [6.45, 7) is 4.09. The number of urea groups is 1. The summed E-state index contributed by atoms with van der Waals surface area (Å²) < 4.78 is 12.1. The van der Waals surface area contributed by atoms with E-state index in [9.17, 15) is 14.4 Å². The lowest BCUT2D eigenvalue weighted by Gasteiger charge is -2.29. The summed E-state index contributed by atoms with van der Waals surface area (Å²) in [4.78, 5) is 35.9. The number of imide groups is 1. The fraction of sp³-hybridized carbons (Fsp3) is 0.550. The number of nitrogens with one attached hydrogen (secondary N) is 2. The monoisotopic (exact) mass is 449 g/mol. The van der Waals surface area contributed by atoms with Gasteiger partial charge in [-0.3, -0.25) is 19.5 Å². The highest BCUT2D eigenvalue weighted by Crippen LogP contribution is 2.24. The maximum absolute atomic E-state index is 12.0. The van der Waals surface area contributed by atoms with Crippen LogP contribution in [0, 0.1) is 5.92 Å². The molecule has 3 amide bonds. The third-order valence-electron chi connectivity index (χ3n) is 5.14. The molecule has 0 spiro atoms. The van der Waals surface area contributed by atoms with Gasteiger partial charge in [0.1, 0.15) is 0 Å². The molecule has 2 aromatic heterocycles. The molecular weight excluding hydrogens is 422 g/mol. The van der Waals surface area contributed by atoms with Crippen LogP contribution in [0.3, 0.4) is 0 Å². The fourth-order valence-electron chi connectivity index (χ4n) is 3.48. The van der Waals surface area contributed by atoms with Crippen molar-refractivity contribution in [3.05, 3.63) is 18.4 Å². The van der Waals surface area contributed by atoms with Crippen molar-refractivity contribution in [1.29, 1.82) is 0 Å². The molecule has 168 valence electrons. The van der Waals surface area contributed by atoms with Crippen LogP contribution >= 0.6 is 11.8 Å². The molecule has 0 radical (unpaired) electrons. The summed E-state index contributed by atoms with van der Waals surface area (Å²) >= 11 is 1.15. The highest BCUT2D eigenvalue weighted by Gasteiger charge is 2.23. The normalized spacial score (nSPS) is 18.4. The van der Waals surface area contributed by atoms with Crippen LogP contribution in [0.1, 0.15) is 39.5 Å². The number of amides is 3. The van der Waals surface area contributed by atoms with Crippen molar-refractivity contribution in [3.8, 4) is 11.6 Å². The summed E-state index contributed by atoms with van der Waals surface area (Å²) in [6, 6.07) is 3.04. The number of carbonyl (C=O) groups is 3. The largest absolute Gasteiger partial charge is 0.461 e. The Kier molecular flexibility index (Phi) is 8.10. The van der Waals surface area contributed by atoms with E-state index in [0.29, 0.717) is 29.2 Å². The van der Waals surface area contributed by atoms with Crippen LogP contribution in [-0.4, -0.2) is 51.1 Å². The average molecular weight is 450 g/mol. The van der Waals surface area contributed by atoms with E-state index < -0.39 is 24.5 Å². The Bertz CT molecular complexity index is 898. The topological polar surface area (TPSA) is 128 Å². The van der Waals surface area contributed by atoms with E-state index in [1.54, 1.807) is 18.4 Å². The van der Waals surface area contributed by atoms with Gasteiger partial charge in [-0.15, -0.1) is 10.2 Å². The number of furan rings is 1. The molecule has 10 nitrogen and oxygen atoms in total. The van der Waals surface area contributed by atoms with Gasteiger partial charge >= 0.3 is 12.0 Å². The van der Waals surface area contributed by atoms with E-state index >= 15 is 0 Å². The maximum Gasteiger partial charge on any atom is 0.321 e. The zero-order chi connectivity index (χ0) is 22.2. The van der Waals surface area contributed by atoms with E-state index in [-0.39, 0.29) is 11.8 Å². The van der Waals surface area contributed by atoms with Gasteiger partial charge < -0.3 is 14.5 Å². The highest BCUT2D eigenvalue weighted by molar-refractivity contribution is 7.99. The van der Waals surface area contributed by atoms with Crippen LogP contribution in [0.2, 0.25) is 0 Å². The second-order valence-electron chi connectivity index (χ2n) is 7.37. The quantitative estimate of drug-likeness (QED) is 0.465. The summed E-state index contributed by atoms with van der Waals surface area (Å²) in [5, 5.41) is 13.8. The van der Waals surface area contributed by atoms with Gasteiger partial charge in [-0.1, -0.05) is 31.5 Å². The Labute approximate surface area is 184 Å². The summed E-state index contributed by atoms with van der Waals surface area (Å²) in [5.74, 6) is 0.225. The van der Waals surface area contributed by atoms with Gasteiger partial charge in [0, 0.05) is 12.6 Å². The number of hydrogen-bond donors (Lipinski definition) is 2. The summed E-state index contributed by atoms with van der Waals surface area (Å²) in [5.41, 5.74) is 0. The standard InChI is InChI=1S/C20H27N5O5S/c1-3-25-18(15-9-6-10-29-15)23-24-20(25)31-12-17(27)30-11-16(26)22-19(28)21-14-8-5-4-7-13(14)2/h6,9-10,13-14H,3-5,7-8,11-12H2,1-2H3,(H2,21,22,26,28)/t13-,14-/m0/s1. The molecule has 0 aromatic carbocycles. The Morgan fingerprint density at radius 2 is 2.10 bits per heavy atom. The molecule has 3 rings (SSSR count). The number of esters is 1. The van der Waals surface area contributed by atoms with Crippen molar-refractivity contribution < 1.29 is 23.5 Å². The van der Waals surface area contributed by atoms with Crippen molar-refractivity contribution in [2.24, 2.45) is 5.92 Å². The number of nitrogens with zero attached hydrogens (tertiary/aromatic N) is 3. The van der Waals surface area contributed by atoms with E-state index in [4.69, 9.17) is 9.15 Å². The van der Waals surface area contributed by atoms with Crippen molar-refractivity contribution in [3.63, 3.8) is 0 Å². The molecule has 1 fully saturated rings. The lowest BCUT2D eigenvalue weighted by atomic mass is 9.86. The minimum absolute atomic E-state index is 0.0463. The first-order chi connectivity index (χ1) is 15.0. The van der Waals surface area contributed by atoms with Gasteiger partial charge in [0.2, 0.25) is 0 Å². The lowest BCUT2D eigenvalue weighted by molar-refractivity contribution is -0.145. The first-order valence-electron chi connectivity index (χ1n) is 10.3. The van der Waals surface area contributed by atoms with E-state index in [1.165, 1.54) is 0 Å². The second-order valence-corrected chi connectivity index (χ2v) is 8.31. The molecule has 1 saturated carbocycles. The van der Waals surface area contributed by atoms with Gasteiger partial charge in [-0.25, -0.2) is 4.79 Å². The van der Waals surface area contributed by atoms with E-state index in [2.05, 4.69) is 27.8 Å². The zero-order valence-electron chi connectivity index (χ0n) is 17.6. The van der Waals surface area contributed by atoms with Crippen LogP contribution < -0.4 is 10.6 Å². The number of rotatable bonds is 8. The zero-order valence-corrected chi connectivity index (χ0v) is 18.4. The molecule has 2 heterocycles. The molecule has 11 heteroatoms. The third kappa shape index (κ3) is 6.33. The highest BCUT2D eigenvalue weighted by atomic mass is 32.2. The predicted octanol–water partition coefficient (Wildman–Crippen LogP) is 2.60. The number of hydrogen-bond acceptors (Lipinski definition) is 8. The van der Waals surface area contributed by atoms with Crippen molar-refractivity contribution >= 4 is 29.7 Å². The number of carbonyl (C=O) groups excluding carboxylic acids is 3. The summed E-state index contributed by atoms with van der Waals surface area (Å²) in [7, 11) is 0. The molecule has 2 atom stereocenters. The first kappa shape index (κ1) is 22.9. The van der Waals surface area contributed by atoms with Gasteiger partial charge in [0.25, 0.3) is 5.91 Å². The minimum atomic E-state index is -0.670. The number of aromatic nitrogens is 3. The van der Waals surface area contributed by atoms with E-state index in [0.717, 1.165) is 37.4 Å². The average Bonchev–Trinajstić information content (AvgIpc) is 3.41. The molecular formula is C20H27N5O5S.